The third-order valence-electron chi connectivity index (χ3n) is 4.00. The minimum atomic E-state index is -0.915. The Bertz CT molecular complexity index is 841. The molecule has 3 rings (SSSR count). The molecule has 25 heavy (non-hydrogen) atoms. The first-order chi connectivity index (χ1) is 11.9. The summed E-state index contributed by atoms with van der Waals surface area (Å²) in [6, 6.07) is 13.1. The van der Waals surface area contributed by atoms with E-state index in [0.717, 1.165) is 21.3 Å². The number of carbonyl (C=O) groups excluding carboxylic acids is 1. The SMILES string of the molecule is COc1ccc(Cl)cc1CSC1=N[C@@](C)(c2ccc(Br)cc2)C(=O)N1. The fraction of sp³-hybridized carbons (Fsp3) is 0.222. The van der Waals surface area contributed by atoms with Crippen LogP contribution in [0.5, 0.6) is 5.75 Å². The second-order valence-corrected chi connectivity index (χ2v) is 8.01. The highest BCUT2D eigenvalue weighted by Gasteiger charge is 2.40. The number of rotatable bonds is 4. The van der Waals surface area contributed by atoms with Crippen molar-refractivity contribution in [1.29, 1.82) is 0 Å². The van der Waals surface area contributed by atoms with Crippen LogP contribution in [0.4, 0.5) is 0 Å². The number of ether oxygens (including phenoxy) is 1. The lowest BCUT2D eigenvalue weighted by Gasteiger charge is -2.17. The van der Waals surface area contributed by atoms with Gasteiger partial charge in [0.1, 0.15) is 5.75 Å². The molecule has 7 heteroatoms. The summed E-state index contributed by atoms with van der Waals surface area (Å²) in [4.78, 5) is 17.1. The Labute approximate surface area is 164 Å². The van der Waals surface area contributed by atoms with Crippen molar-refractivity contribution in [2.45, 2.75) is 18.2 Å². The third-order valence-corrected chi connectivity index (χ3v) is 5.69. The van der Waals surface area contributed by atoms with Crippen molar-refractivity contribution >= 4 is 50.4 Å². The minimum Gasteiger partial charge on any atom is -0.496 e. The standard InChI is InChI=1S/C18H16BrClN2O2S/c1-18(12-3-5-13(19)6-4-12)16(23)21-17(22-18)25-10-11-9-14(20)7-8-15(11)24-2/h3-9H,10H2,1-2H3,(H,21,22,23)/t18-/m0/s1. The maximum absolute atomic E-state index is 12.5. The van der Waals surface area contributed by atoms with Crippen molar-refractivity contribution in [3.63, 3.8) is 0 Å². The maximum atomic E-state index is 12.5. The Balaban J connectivity index is 1.79. The number of benzene rings is 2. The Morgan fingerprint density at radius 3 is 2.68 bits per heavy atom. The van der Waals surface area contributed by atoms with E-state index in [1.54, 1.807) is 13.2 Å². The molecule has 0 spiro atoms. The highest BCUT2D eigenvalue weighted by molar-refractivity contribution is 9.10. The molecule has 1 atom stereocenters. The Morgan fingerprint density at radius 2 is 2.00 bits per heavy atom. The number of hydrogen-bond donors (Lipinski definition) is 1. The van der Waals surface area contributed by atoms with Crippen LogP contribution in [0.2, 0.25) is 5.02 Å². The van der Waals surface area contributed by atoms with Gasteiger partial charge in [-0.1, -0.05) is 51.4 Å². The average Bonchev–Trinajstić information content (AvgIpc) is 2.89. The molecule has 0 saturated heterocycles. The highest BCUT2D eigenvalue weighted by atomic mass is 79.9. The van der Waals surface area contributed by atoms with Crippen LogP contribution in [0.25, 0.3) is 0 Å². The molecule has 1 aliphatic rings. The van der Waals surface area contributed by atoms with Crippen LogP contribution in [-0.2, 0) is 16.1 Å². The molecule has 0 bridgehead atoms. The summed E-state index contributed by atoms with van der Waals surface area (Å²) in [6.45, 7) is 1.82. The molecule has 1 N–H and O–H groups in total. The number of nitrogens with one attached hydrogen (secondary N) is 1. The quantitative estimate of drug-likeness (QED) is 0.748. The van der Waals surface area contributed by atoms with Crippen LogP contribution in [0.1, 0.15) is 18.1 Å². The van der Waals surface area contributed by atoms with Crippen LogP contribution in [0.15, 0.2) is 51.9 Å². The van der Waals surface area contributed by atoms with Crippen molar-refractivity contribution < 1.29 is 9.53 Å². The number of halogens is 2. The number of nitrogens with zero attached hydrogens (tertiary/aromatic N) is 1. The first-order valence-corrected chi connectivity index (χ1v) is 9.70. The molecule has 0 fully saturated rings. The van der Waals surface area contributed by atoms with Gasteiger partial charge >= 0.3 is 0 Å². The van der Waals surface area contributed by atoms with Crippen molar-refractivity contribution in [1.82, 2.24) is 5.32 Å². The van der Waals surface area contributed by atoms with Crippen LogP contribution >= 0.6 is 39.3 Å². The van der Waals surface area contributed by atoms with Gasteiger partial charge in [0.05, 0.1) is 7.11 Å². The monoisotopic (exact) mass is 438 g/mol. The molecule has 2 aromatic carbocycles. The van der Waals surface area contributed by atoms with E-state index >= 15 is 0 Å². The van der Waals surface area contributed by atoms with Crippen molar-refractivity contribution in [2.75, 3.05) is 7.11 Å². The maximum Gasteiger partial charge on any atom is 0.258 e. The zero-order chi connectivity index (χ0) is 18.0. The molecule has 1 amide bonds. The van der Waals surface area contributed by atoms with Gasteiger partial charge in [0, 0.05) is 20.8 Å². The zero-order valence-corrected chi connectivity index (χ0v) is 16.8. The van der Waals surface area contributed by atoms with E-state index < -0.39 is 5.54 Å². The molecule has 130 valence electrons. The van der Waals surface area contributed by atoms with Gasteiger partial charge in [-0.25, -0.2) is 4.99 Å². The van der Waals surface area contributed by atoms with Crippen LogP contribution in [0.3, 0.4) is 0 Å². The molecule has 0 saturated carbocycles. The normalized spacial score (nSPS) is 19.5. The number of thioether (sulfide) groups is 1. The van der Waals surface area contributed by atoms with E-state index in [1.807, 2.05) is 43.3 Å². The van der Waals surface area contributed by atoms with Crippen LogP contribution in [-0.4, -0.2) is 18.2 Å². The Kier molecular flexibility index (Phi) is 5.41. The lowest BCUT2D eigenvalue weighted by molar-refractivity contribution is -0.123. The molecule has 0 aliphatic carbocycles. The number of methoxy groups -OCH3 is 1. The lowest BCUT2D eigenvalue weighted by Crippen LogP contribution is -2.34. The molecule has 0 unspecified atom stereocenters. The lowest BCUT2D eigenvalue weighted by atomic mass is 9.93. The number of carbonyl (C=O) groups is 1. The summed E-state index contributed by atoms with van der Waals surface area (Å²) in [7, 11) is 1.62. The number of aliphatic imine (C=N–C) groups is 1. The van der Waals surface area contributed by atoms with Gasteiger partial charge in [-0.2, -0.15) is 0 Å². The fourth-order valence-electron chi connectivity index (χ4n) is 2.55. The Hall–Kier alpha value is -1.50. The van der Waals surface area contributed by atoms with E-state index in [2.05, 4.69) is 26.2 Å². The second kappa shape index (κ2) is 7.40. The summed E-state index contributed by atoms with van der Waals surface area (Å²) in [5.41, 5.74) is 0.889. The fourth-order valence-corrected chi connectivity index (χ4v) is 3.93. The minimum absolute atomic E-state index is 0.129. The van der Waals surface area contributed by atoms with Gasteiger partial charge in [-0.3, -0.25) is 4.79 Å². The number of hydrogen-bond acceptors (Lipinski definition) is 4. The predicted octanol–water partition coefficient (Wildman–Crippen LogP) is 4.75. The largest absolute Gasteiger partial charge is 0.496 e. The van der Waals surface area contributed by atoms with Gasteiger partial charge in [0.25, 0.3) is 5.91 Å². The van der Waals surface area contributed by atoms with Gasteiger partial charge < -0.3 is 10.1 Å². The highest BCUT2D eigenvalue weighted by Crippen LogP contribution is 2.33. The second-order valence-electron chi connectivity index (χ2n) is 5.70. The molecule has 2 aromatic rings. The summed E-state index contributed by atoms with van der Waals surface area (Å²) in [6.07, 6.45) is 0. The smallest absolute Gasteiger partial charge is 0.258 e. The molecule has 1 aliphatic heterocycles. The van der Waals surface area contributed by atoms with Crippen LogP contribution in [0, 0.1) is 0 Å². The van der Waals surface area contributed by atoms with Crippen molar-refractivity contribution in [3.8, 4) is 5.75 Å². The van der Waals surface area contributed by atoms with Gasteiger partial charge in [-0.15, -0.1) is 0 Å². The molecule has 4 nitrogen and oxygen atoms in total. The van der Waals surface area contributed by atoms with E-state index in [-0.39, 0.29) is 5.91 Å². The number of amidine groups is 1. The summed E-state index contributed by atoms with van der Waals surface area (Å²) in [5.74, 6) is 1.23. The first kappa shape index (κ1) is 18.3. The van der Waals surface area contributed by atoms with Crippen LogP contribution < -0.4 is 10.1 Å². The Morgan fingerprint density at radius 1 is 1.28 bits per heavy atom. The van der Waals surface area contributed by atoms with Crippen molar-refractivity contribution in [2.24, 2.45) is 4.99 Å². The molecular weight excluding hydrogens is 424 g/mol. The average molecular weight is 440 g/mol. The van der Waals surface area contributed by atoms with E-state index in [1.165, 1.54) is 11.8 Å². The van der Waals surface area contributed by atoms with E-state index in [9.17, 15) is 4.79 Å². The van der Waals surface area contributed by atoms with E-state index in [0.29, 0.717) is 15.9 Å². The topological polar surface area (TPSA) is 50.7 Å². The molecular formula is C18H16BrClN2O2S. The van der Waals surface area contributed by atoms with Gasteiger partial charge in [-0.05, 0) is 42.8 Å². The first-order valence-electron chi connectivity index (χ1n) is 7.55. The summed E-state index contributed by atoms with van der Waals surface area (Å²) in [5, 5.41) is 4.11. The molecule has 1 heterocycles. The third kappa shape index (κ3) is 3.86. The predicted molar refractivity (Wildman–Crippen MR) is 106 cm³/mol. The zero-order valence-electron chi connectivity index (χ0n) is 13.7. The van der Waals surface area contributed by atoms with Crippen molar-refractivity contribution in [3.05, 3.63) is 63.1 Å². The van der Waals surface area contributed by atoms with Gasteiger partial charge in [0.2, 0.25) is 0 Å². The summed E-state index contributed by atoms with van der Waals surface area (Å²) < 4.78 is 6.32. The van der Waals surface area contributed by atoms with E-state index in [4.69, 9.17) is 16.3 Å². The molecule has 0 aromatic heterocycles. The summed E-state index contributed by atoms with van der Waals surface area (Å²) >= 11 is 10.9. The number of amides is 1. The van der Waals surface area contributed by atoms with Gasteiger partial charge in [0.15, 0.2) is 10.7 Å². The molecule has 0 radical (unpaired) electrons.